The average Bonchev–Trinajstić information content (AvgIpc) is 3.02. The Morgan fingerprint density at radius 3 is 2.62 bits per heavy atom. The van der Waals surface area contributed by atoms with Gasteiger partial charge in [0.1, 0.15) is 17.1 Å². The van der Waals surface area contributed by atoms with Crippen LogP contribution in [-0.4, -0.2) is 27.1 Å². The van der Waals surface area contributed by atoms with Crippen molar-refractivity contribution >= 4 is 5.97 Å². The molecule has 1 atom stereocenters. The number of carbonyl (C=O) groups excluding carboxylic acids is 1. The first-order valence-electron chi connectivity index (χ1n) is 9.87. The first kappa shape index (κ1) is 15.9. The lowest BCUT2D eigenvalue weighted by atomic mass is 9.76. The molecule has 1 heterocycles. The first-order chi connectivity index (χ1) is 13.1. The zero-order valence-corrected chi connectivity index (χ0v) is 15.7. The summed E-state index contributed by atoms with van der Waals surface area (Å²) in [6.07, 6.45) is 1.03. The van der Waals surface area contributed by atoms with E-state index in [1.54, 1.807) is 13.8 Å². The Morgan fingerprint density at radius 1 is 1.42 bits per heavy atom. The summed E-state index contributed by atoms with van der Waals surface area (Å²) < 4.78 is 42.2. The Balaban J connectivity index is 2.48. The van der Waals surface area contributed by atoms with Crippen LogP contribution in [0.1, 0.15) is 50.7 Å². The predicted octanol–water partition coefficient (Wildman–Crippen LogP) is 3.16. The Hall–Kier alpha value is -2.28. The van der Waals surface area contributed by atoms with E-state index in [-0.39, 0.29) is 34.8 Å². The van der Waals surface area contributed by atoms with Gasteiger partial charge in [0.15, 0.2) is 0 Å². The average molecular weight is 365 g/mol. The molecule has 0 spiro atoms. The van der Waals surface area contributed by atoms with Gasteiger partial charge in [0.2, 0.25) is 0 Å². The topological polar surface area (TPSA) is 83.0 Å². The van der Waals surface area contributed by atoms with Crippen molar-refractivity contribution in [1.29, 1.82) is 0 Å². The van der Waals surface area contributed by atoms with Crippen molar-refractivity contribution in [3.63, 3.8) is 0 Å². The molecule has 2 aromatic rings. The number of rotatable bonds is 5. The Morgan fingerprint density at radius 2 is 2.12 bits per heavy atom. The fourth-order valence-electron chi connectivity index (χ4n) is 2.83. The summed E-state index contributed by atoms with van der Waals surface area (Å²) in [6.45, 7) is 6.65. The minimum absolute atomic E-state index is 0.0552. The molecule has 1 aromatic carbocycles. The molecule has 2 N–H and O–H groups in total. The van der Waals surface area contributed by atoms with Gasteiger partial charge in [-0.25, -0.2) is 9.18 Å². The molecule has 6 nitrogen and oxygen atoms in total. The minimum atomic E-state index is -2.56. The van der Waals surface area contributed by atoms with Crippen molar-refractivity contribution in [3.05, 3.63) is 35.8 Å². The normalized spacial score (nSPS) is 16.5. The van der Waals surface area contributed by atoms with E-state index in [2.05, 4.69) is 10.2 Å². The van der Waals surface area contributed by atoms with Gasteiger partial charge in [-0.1, -0.05) is 26.8 Å². The molecule has 2 rings (SSSR count). The van der Waals surface area contributed by atoms with Gasteiger partial charge >= 0.3 is 5.97 Å². The first-order valence-corrected chi connectivity index (χ1v) is 8.37. The van der Waals surface area contributed by atoms with Crippen molar-refractivity contribution in [1.82, 2.24) is 15.0 Å². The van der Waals surface area contributed by atoms with Crippen molar-refractivity contribution in [3.8, 4) is 11.3 Å². The molecule has 0 aliphatic heterocycles. The maximum absolute atomic E-state index is 14.9. The van der Waals surface area contributed by atoms with Crippen LogP contribution < -0.4 is 5.73 Å². The maximum atomic E-state index is 14.9. The standard InChI is InChI=1S/C19H27FN4O2/c1-12(2)26-17(25)19(21,11-18(3,4)5)13-7-8-14(15(20)9-13)16-10-22-24(6)23-16/h7-10,12H,11,21H2,1-6H3/t19-/m1/s1/i6D3. The summed E-state index contributed by atoms with van der Waals surface area (Å²) in [5, 5.41) is 7.48. The summed E-state index contributed by atoms with van der Waals surface area (Å²) in [5.41, 5.74) is 4.98. The lowest BCUT2D eigenvalue weighted by Crippen LogP contribution is -2.49. The van der Waals surface area contributed by atoms with Crippen LogP contribution in [0.4, 0.5) is 4.39 Å². The number of halogens is 1. The summed E-state index contributed by atoms with van der Waals surface area (Å²) in [4.78, 5) is 13.3. The molecule has 1 aromatic heterocycles. The van der Waals surface area contributed by atoms with Crippen molar-refractivity contribution in [2.24, 2.45) is 18.1 Å². The molecule has 7 heteroatoms. The maximum Gasteiger partial charge on any atom is 0.331 e. The third-order valence-electron chi connectivity index (χ3n) is 3.77. The second kappa shape index (κ2) is 7.15. The smallest absolute Gasteiger partial charge is 0.331 e. The predicted molar refractivity (Wildman–Crippen MR) is 97.6 cm³/mol. The minimum Gasteiger partial charge on any atom is -0.461 e. The van der Waals surface area contributed by atoms with E-state index < -0.39 is 24.3 Å². The van der Waals surface area contributed by atoms with Crippen molar-refractivity contribution < 1.29 is 18.0 Å². The van der Waals surface area contributed by atoms with Gasteiger partial charge in [0.25, 0.3) is 0 Å². The van der Waals surface area contributed by atoms with Gasteiger partial charge in [-0.2, -0.15) is 15.0 Å². The van der Waals surface area contributed by atoms with Gasteiger partial charge in [0, 0.05) is 16.7 Å². The number of nitrogens with zero attached hydrogens (tertiary/aromatic N) is 3. The van der Waals surface area contributed by atoms with Crippen molar-refractivity contribution in [2.45, 2.75) is 52.7 Å². The van der Waals surface area contributed by atoms with Crippen LogP contribution in [0.5, 0.6) is 0 Å². The molecule has 0 fully saturated rings. The highest BCUT2D eigenvalue weighted by atomic mass is 19.1. The van der Waals surface area contributed by atoms with E-state index in [9.17, 15) is 9.18 Å². The highest BCUT2D eigenvalue weighted by Crippen LogP contribution is 2.36. The summed E-state index contributed by atoms with van der Waals surface area (Å²) in [6, 6.07) is 4.10. The van der Waals surface area contributed by atoms with Gasteiger partial charge in [-0.15, -0.1) is 0 Å². The van der Waals surface area contributed by atoms with Crippen LogP contribution in [0.15, 0.2) is 24.4 Å². The van der Waals surface area contributed by atoms with Crippen LogP contribution in [0.2, 0.25) is 0 Å². The molecule has 0 aliphatic rings. The Kier molecular flexibility index (Phi) is 4.38. The monoisotopic (exact) mass is 365 g/mol. The van der Waals surface area contributed by atoms with E-state index >= 15 is 0 Å². The number of ether oxygens (including phenoxy) is 1. The third-order valence-corrected chi connectivity index (χ3v) is 3.77. The highest BCUT2D eigenvalue weighted by Gasteiger charge is 2.42. The van der Waals surface area contributed by atoms with E-state index in [1.165, 1.54) is 18.3 Å². The van der Waals surface area contributed by atoms with Crippen LogP contribution in [0.3, 0.4) is 0 Å². The number of aromatic nitrogens is 3. The highest BCUT2D eigenvalue weighted by molar-refractivity contribution is 5.83. The van der Waals surface area contributed by atoms with Gasteiger partial charge < -0.3 is 10.5 Å². The van der Waals surface area contributed by atoms with Gasteiger partial charge in [-0.05, 0) is 43.4 Å². The molecule has 0 saturated carbocycles. The molecule has 0 amide bonds. The number of nitrogens with two attached hydrogens (primary N) is 1. The second-order valence-corrected chi connectivity index (χ2v) is 7.88. The second-order valence-electron chi connectivity index (χ2n) is 7.88. The van der Waals surface area contributed by atoms with Crippen LogP contribution in [-0.2, 0) is 22.0 Å². The number of aryl methyl sites for hydroxylation is 1. The molecular formula is C19H27FN4O2. The van der Waals surface area contributed by atoms with Crippen LogP contribution >= 0.6 is 0 Å². The van der Waals surface area contributed by atoms with Gasteiger partial charge in [-0.3, -0.25) is 0 Å². The molecule has 0 radical (unpaired) electrons. The van der Waals surface area contributed by atoms with E-state index in [0.717, 1.165) is 6.07 Å². The quantitative estimate of drug-likeness (QED) is 0.823. The summed E-state index contributed by atoms with van der Waals surface area (Å²) >= 11 is 0. The molecule has 26 heavy (non-hydrogen) atoms. The molecule has 0 bridgehead atoms. The van der Waals surface area contributed by atoms with E-state index in [1.807, 2.05) is 20.8 Å². The Bertz CT molecular complexity index is 890. The number of benzene rings is 1. The fraction of sp³-hybridized carbons (Fsp3) is 0.526. The molecule has 0 saturated heterocycles. The number of hydrogen-bond acceptors (Lipinski definition) is 5. The van der Waals surface area contributed by atoms with Gasteiger partial charge in [0.05, 0.1) is 12.3 Å². The molecule has 0 aliphatic carbocycles. The Labute approximate surface area is 157 Å². The van der Waals surface area contributed by atoms with Crippen molar-refractivity contribution in [2.75, 3.05) is 0 Å². The number of esters is 1. The molecule has 0 unspecified atom stereocenters. The van der Waals surface area contributed by atoms with E-state index in [4.69, 9.17) is 14.6 Å². The zero-order chi connectivity index (χ0) is 22.2. The lowest BCUT2D eigenvalue weighted by Gasteiger charge is -2.34. The lowest BCUT2D eigenvalue weighted by molar-refractivity contribution is -0.156. The largest absolute Gasteiger partial charge is 0.461 e. The fourth-order valence-corrected chi connectivity index (χ4v) is 2.83. The van der Waals surface area contributed by atoms with E-state index in [0.29, 0.717) is 4.80 Å². The van der Waals surface area contributed by atoms with Crippen LogP contribution in [0.25, 0.3) is 11.3 Å². The third kappa shape index (κ3) is 4.46. The number of hydrogen-bond donors (Lipinski definition) is 1. The molecular weight excluding hydrogens is 335 g/mol. The zero-order valence-electron chi connectivity index (χ0n) is 18.7. The SMILES string of the molecule is [2H]C([2H])([2H])n1ncc(-c2ccc([C@](N)(CC(C)(C)C)C(=O)OC(C)C)cc2F)n1. The summed E-state index contributed by atoms with van der Waals surface area (Å²) in [7, 11) is 0. The van der Waals surface area contributed by atoms with Crippen LogP contribution in [0, 0.1) is 11.2 Å². The number of carbonyl (C=O) groups is 1. The molecule has 142 valence electrons. The summed E-state index contributed by atoms with van der Waals surface area (Å²) in [5.74, 6) is -1.33.